The van der Waals surface area contributed by atoms with Crippen LogP contribution in [0, 0.1) is 5.92 Å². The molecule has 1 atom stereocenters. The Morgan fingerprint density at radius 1 is 1.16 bits per heavy atom. The van der Waals surface area contributed by atoms with Crippen molar-refractivity contribution < 1.29 is 14.3 Å². The lowest BCUT2D eigenvalue weighted by atomic mass is 9.97. The number of piperidine rings is 1. The van der Waals surface area contributed by atoms with Crippen LogP contribution in [0.3, 0.4) is 0 Å². The van der Waals surface area contributed by atoms with Crippen molar-refractivity contribution in [3.8, 4) is 28.4 Å². The molecule has 3 heterocycles. The molecular formula is C25H28N4O3. The van der Waals surface area contributed by atoms with Crippen molar-refractivity contribution in [2.24, 2.45) is 5.92 Å². The average molecular weight is 433 g/mol. The van der Waals surface area contributed by atoms with Crippen LogP contribution in [0.2, 0.25) is 0 Å². The molecule has 7 nitrogen and oxygen atoms in total. The smallest absolute Gasteiger partial charge is 0.231 e. The number of benzene rings is 2. The Morgan fingerprint density at radius 3 is 2.84 bits per heavy atom. The Hall–Kier alpha value is -3.32. The topological polar surface area (TPSA) is 68.6 Å². The number of para-hydroxylation sites is 1. The van der Waals surface area contributed by atoms with Crippen LogP contribution >= 0.6 is 0 Å². The van der Waals surface area contributed by atoms with Crippen molar-refractivity contribution >= 4 is 5.91 Å². The van der Waals surface area contributed by atoms with Crippen LogP contribution in [0.5, 0.6) is 11.5 Å². The number of carbonyl (C=O) groups excluding carboxylic acids is 1. The second-order valence-electron chi connectivity index (χ2n) is 8.53. The van der Waals surface area contributed by atoms with Crippen molar-refractivity contribution in [3.05, 3.63) is 60.3 Å². The highest BCUT2D eigenvalue weighted by molar-refractivity contribution is 5.72. The van der Waals surface area contributed by atoms with E-state index in [9.17, 15) is 4.79 Å². The van der Waals surface area contributed by atoms with E-state index in [4.69, 9.17) is 14.6 Å². The zero-order valence-corrected chi connectivity index (χ0v) is 18.3. The fraction of sp³-hybridized carbons (Fsp3) is 0.360. The van der Waals surface area contributed by atoms with Gasteiger partial charge in [0.1, 0.15) is 0 Å². The van der Waals surface area contributed by atoms with Gasteiger partial charge in [-0.25, -0.2) is 4.68 Å². The van der Waals surface area contributed by atoms with Crippen LogP contribution in [-0.4, -0.2) is 47.0 Å². The number of hydrogen-bond acceptors (Lipinski definition) is 5. The van der Waals surface area contributed by atoms with E-state index >= 15 is 0 Å². The fourth-order valence-corrected chi connectivity index (χ4v) is 4.52. The number of hydrogen-bond donors (Lipinski definition) is 1. The van der Waals surface area contributed by atoms with Gasteiger partial charge in [0.15, 0.2) is 11.5 Å². The van der Waals surface area contributed by atoms with E-state index in [1.165, 1.54) is 5.56 Å². The Kier molecular flexibility index (Phi) is 5.81. The first kappa shape index (κ1) is 20.6. The Morgan fingerprint density at radius 2 is 2.00 bits per heavy atom. The Labute approximate surface area is 187 Å². The van der Waals surface area contributed by atoms with Gasteiger partial charge in [-0.05, 0) is 55.6 Å². The molecule has 0 unspecified atom stereocenters. The largest absolute Gasteiger partial charge is 0.454 e. The third kappa shape index (κ3) is 4.48. The summed E-state index contributed by atoms with van der Waals surface area (Å²) in [6, 6.07) is 16.2. The monoisotopic (exact) mass is 432 g/mol. The van der Waals surface area contributed by atoms with Crippen molar-refractivity contribution in [2.45, 2.75) is 26.3 Å². The number of nitrogens with one attached hydrogen (secondary N) is 1. The number of fused-ring (bicyclic) bond motifs is 1. The summed E-state index contributed by atoms with van der Waals surface area (Å²) >= 11 is 0. The summed E-state index contributed by atoms with van der Waals surface area (Å²) in [5, 5.41) is 7.94. The molecule has 166 valence electrons. The van der Waals surface area contributed by atoms with Crippen molar-refractivity contribution in [2.75, 3.05) is 26.4 Å². The molecule has 2 aliphatic heterocycles. The highest BCUT2D eigenvalue weighted by Gasteiger charge is 2.23. The van der Waals surface area contributed by atoms with Gasteiger partial charge < -0.3 is 14.8 Å². The fourth-order valence-electron chi connectivity index (χ4n) is 4.52. The minimum atomic E-state index is 0.0383. The van der Waals surface area contributed by atoms with Gasteiger partial charge in [-0.2, -0.15) is 5.10 Å². The molecule has 32 heavy (non-hydrogen) atoms. The molecule has 1 amide bonds. The SMILES string of the molecule is CC(=O)NC[C@H]1CCCN(Cc2cn(-c3ccccc3)nc2-c2ccc3c(c2)OCO3)C1. The number of ether oxygens (including phenoxy) is 2. The summed E-state index contributed by atoms with van der Waals surface area (Å²) in [6.07, 6.45) is 4.41. The first-order valence-corrected chi connectivity index (χ1v) is 11.2. The van der Waals surface area contributed by atoms with Gasteiger partial charge >= 0.3 is 0 Å². The maximum Gasteiger partial charge on any atom is 0.231 e. The molecule has 2 aliphatic rings. The van der Waals surface area contributed by atoms with E-state index in [0.717, 1.165) is 67.5 Å². The number of carbonyl (C=O) groups is 1. The molecule has 1 fully saturated rings. The molecule has 2 aromatic carbocycles. The summed E-state index contributed by atoms with van der Waals surface area (Å²) in [4.78, 5) is 13.8. The number of amides is 1. The van der Waals surface area contributed by atoms with Crippen LogP contribution in [0.15, 0.2) is 54.7 Å². The zero-order chi connectivity index (χ0) is 21.9. The highest BCUT2D eigenvalue weighted by Crippen LogP contribution is 2.37. The minimum Gasteiger partial charge on any atom is -0.454 e. The molecule has 1 N–H and O–H groups in total. The van der Waals surface area contributed by atoms with Crippen molar-refractivity contribution in [1.29, 1.82) is 0 Å². The first-order chi connectivity index (χ1) is 15.7. The predicted molar refractivity (Wildman–Crippen MR) is 122 cm³/mol. The molecule has 0 spiro atoms. The molecule has 0 bridgehead atoms. The molecule has 5 rings (SSSR count). The van der Waals surface area contributed by atoms with E-state index in [2.05, 4.69) is 28.5 Å². The molecule has 1 aromatic heterocycles. The maximum absolute atomic E-state index is 11.3. The van der Waals surface area contributed by atoms with Crippen LogP contribution in [0.25, 0.3) is 16.9 Å². The molecule has 1 saturated heterocycles. The number of nitrogens with zero attached hydrogens (tertiary/aromatic N) is 3. The summed E-state index contributed by atoms with van der Waals surface area (Å²) in [5.74, 6) is 2.05. The van der Waals surface area contributed by atoms with E-state index in [1.807, 2.05) is 41.1 Å². The normalized spacial score (nSPS) is 18.0. The van der Waals surface area contributed by atoms with Gasteiger partial charge in [-0.15, -0.1) is 0 Å². The predicted octanol–water partition coefficient (Wildman–Crippen LogP) is 3.62. The molecule has 3 aromatic rings. The summed E-state index contributed by atoms with van der Waals surface area (Å²) < 4.78 is 13.0. The molecule has 7 heteroatoms. The number of rotatable bonds is 6. The second kappa shape index (κ2) is 9.04. The van der Waals surface area contributed by atoms with Gasteiger partial charge in [-0.1, -0.05) is 18.2 Å². The van der Waals surface area contributed by atoms with E-state index in [1.54, 1.807) is 6.92 Å². The van der Waals surface area contributed by atoms with Gasteiger partial charge in [0, 0.05) is 43.9 Å². The Balaban J connectivity index is 1.43. The maximum atomic E-state index is 11.3. The summed E-state index contributed by atoms with van der Waals surface area (Å²) in [5.41, 5.74) is 4.18. The van der Waals surface area contributed by atoms with Crippen molar-refractivity contribution in [1.82, 2.24) is 20.0 Å². The third-order valence-electron chi connectivity index (χ3n) is 6.09. The van der Waals surface area contributed by atoms with Gasteiger partial charge in [0.2, 0.25) is 12.7 Å². The minimum absolute atomic E-state index is 0.0383. The zero-order valence-electron chi connectivity index (χ0n) is 18.3. The first-order valence-electron chi connectivity index (χ1n) is 11.2. The van der Waals surface area contributed by atoms with Gasteiger partial charge in [0.25, 0.3) is 0 Å². The van der Waals surface area contributed by atoms with E-state index < -0.39 is 0 Å². The lowest BCUT2D eigenvalue weighted by Crippen LogP contribution is -2.40. The quantitative estimate of drug-likeness (QED) is 0.644. The lowest BCUT2D eigenvalue weighted by Gasteiger charge is -2.32. The second-order valence-corrected chi connectivity index (χ2v) is 8.53. The highest BCUT2D eigenvalue weighted by atomic mass is 16.7. The van der Waals surface area contributed by atoms with Gasteiger partial charge in [-0.3, -0.25) is 9.69 Å². The third-order valence-corrected chi connectivity index (χ3v) is 6.09. The lowest BCUT2D eigenvalue weighted by molar-refractivity contribution is -0.119. The molecule has 0 aliphatic carbocycles. The number of likely N-dealkylation sites (tertiary alicyclic amines) is 1. The van der Waals surface area contributed by atoms with Crippen LogP contribution in [-0.2, 0) is 11.3 Å². The van der Waals surface area contributed by atoms with Crippen LogP contribution < -0.4 is 14.8 Å². The average Bonchev–Trinajstić information content (AvgIpc) is 3.45. The van der Waals surface area contributed by atoms with Crippen molar-refractivity contribution in [3.63, 3.8) is 0 Å². The summed E-state index contributed by atoms with van der Waals surface area (Å²) in [7, 11) is 0. The molecule has 0 saturated carbocycles. The summed E-state index contributed by atoms with van der Waals surface area (Å²) in [6.45, 7) is 5.41. The van der Waals surface area contributed by atoms with E-state index in [-0.39, 0.29) is 12.7 Å². The standard InChI is InChI=1S/C25H28N4O3/c1-18(30)26-13-19-6-5-11-28(14-19)15-21-16-29(22-7-3-2-4-8-22)27-25(21)20-9-10-23-24(12-20)32-17-31-23/h2-4,7-10,12,16,19H,5-6,11,13-15,17H2,1H3,(H,26,30)/t19-/m1/s1. The number of aromatic nitrogens is 2. The molecule has 0 radical (unpaired) electrons. The Bertz CT molecular complexity index is 1100. The van der Waals surface area contributed by atoms with Crippen LogP contribution in [0.4, 0.5) is 0 Å². The van der Waals surface area contributed by atoms with Crippen LogP contribution in [0.1, 0.15) is 25.3 Å². The van der Waals surface area contributed by atoms with Gasteiger partial charge in [0.05, 0.1) is 11.4 Å². The molecular weight excluding hydrogens is 404 g/mol. The van der Waals surface area contributed by atoms with E-state index in [0.29, 0.717) is 5.92 Å².